The van der Waals surface area contributed by atoms with E-state index in [9.17, 15) is 4.79 Å². The number of amides is 2. The van der Waals surface area contributed by atoms with E-state index >= 15 is 0 Å². The van der Waals surface area contributed by atoms with Crippen molar-refractivity contribution in [3.8, 4) is 11.1 Å². The maximum absolute atomic E-state index is 11.1. The molecule has 6 heteroatoms. The second kappa shape index (κ2) is 5.92. The molecule has 0 heterocycles. The molecular formula is C14H11Cl3N2O. The molecule has 0 radical (unpaired) electrons. The van der Waals surface area contributed by atoms with Gasteiger partial charge in [0.05, 0.1) is 10.0 Å². The van der Waals surface area contributed by atoms with E-state index in [-0.39, 0.29) is 0 Å². The predicted octanol–water partition coefficient (Wildman–Crippen LogP) is 4.83. The van der Waals surface area contributed by atoms with Crippen molar-refractivity contribution in [1.29, 1.82) is 0 Å². The van der Waals surface area contributed by atoms with Crippen molar-refractivity contribution in [1.82, 2.24) is 0 Å². The summed E-state index contributed by atoms with van der Waals surface area (Å²) in [6.45, 7) is 0. The van der Waals surface area contributed by atoms with E-state index in [0.29, 0.717) is 26.3 Å². The average molecular weight is 330 g/mol. The maximum atomic E-state index is 11.1. The van der Waals surface area contributed by atoms with Gasteiger partial charge < -0.3 is 5.73 Å². The molecule has 0 bridgehead atoms. The summed E-state index contributed by atoms with van der Waals surface area (Å²) in [5, 5.41) is 1.42. The Labute approximate surface area is 131 Å². The van der Waals surface area contributed by atoms with Crippen LogP contribution in [0.25, 0.3) is 11.1 Å². The lowest BCUT2D eigenvalue weighted by molar-refractivity contribution is 0.255. The molecule has 0 fully saturated rings. The highest BCUT2D eigenvalue weighted by Gasteiger charge is 2.11. The highest BCUT2D eigenvalue weighted by molar-refractivity contribution is 6.41. The number of rotatable bonds is 2. The summed E-state index contributed by atoms with van der Waals surface area (Å²) < 4.78 is 0. The zero-order valence-corrected chi connectivity index (χ0v) is 12.8. The Hall–Kier alpha value is -1.42. The second-order valence-electron chi connectivity index (χ2n) is 4.19. The van der Waals surface area contributed by atoms with Crippen LogP contribution in [0.5, 0.6) is 0 Å². The van der Waals surface area contributed by atoms with Crippen molar-refractivity contribution in [3.63, 3.8) is 0 Å². The SMILES string of the molecule is CN(C(N)=O)c1ccc(-c2c(Cl)cc(Cl)cc2Cl)cc1. The minimum absolute atomic E-state index is 0.471. The molecule has 3 nitrogen and oxygen atoms in total. The second-order valence-corrected chi connectivity index (χ2v) is 5.44. The van der Waals surface area contributed by atoms with Crippen molar-refractivity contribution >= 4 is 46.5 Å². The molecule has 0 aromatic heterocycles. The van der Waals surface area contributed by atoms with Crippen LogP contribution in [0.4, 0.5) is 10.5 Å². The molecule has 0 aliphatic carbocycles. The first-order valence-electron chi connectivity index (χ1n) is 5.68. The van der Waals surface area contributed by atoms with E-state index < -0.39 is 6.03 Å². The molecule has 2 aromatic rings. The fourth-order valence-corrected chi connectivity index (χ4v) is 2.83. The molecule has 2 rings (SSSR count). The van der Waals surface area contributed by atoms with Crippen molar-refractivity contribution in [2.75, 3.05) is 11.9 Å². The summed E-state index contributed by atoms with van der Waals surface area (Å²) in [5.41, 5.74) is 7.43. The van der Waals surface area contributed by atoms with Crippen LogP contribution in [-0.2, 0) is 0 Å². The number of urea groups is 1. The average Bonchev–Trinajstić information content (AvgIpc) is 2.37. The summed E-state index contributed by atoms with van der Waals surface area (Å²) in [6, 6.07) is 9.90. The molecule has 0 atom stereocenters. The molecule has 2 amide bonds. The number of nitrogens with two attached hydrogens (primary N) is 1. The highest BCUT2D eigenvalue weighted by atomic mass is 35.5. The minimum Gasteiger partial charge on any atom is -0.351 e. The number of nitrogens with zero attached hydrogens (tertiary/aromatic N) is 1. The lowest BCUT2D eigenvalue weighted by atomic mass is 10.1. The number of benzene rings is 2. The molecule has 0 spiro atoms. The van der Waals surface area contributed by atoms with Gasteiger partial charge in [-0.25, -0.2) is 4.79 Å². The molecule has 2 N–H and O–H groups in total. The first-order valence-corrected chi connectivity index (χ1v) is 6.81. The first kappa shape index (κ1) is 15.0. The van der Waals surface area contributed by atoms with Crippen molar-refractivity contribution in [2.45, 2.75) is 0 Å². The Bertz CT molecular complexity index is 633. The summed E-state index contributed by atoms with van der Waals surface area (Å²) in [5.74, 6) is 0. The molecule has 0 saturated carbocycles. The third-order valence-electron chi connectivity index (χ3n) is 2.88. The van der Waals surface area contributed by atoms with Crippen LogP contribution in [-0.4, -0.2) is 13.1 Å². The van der Waals surface area contributed by atoms with Gasteiger partial charge in [0.25, 0.3) is 0 Å². The molecule has 20 heavy (non-hydrogen) atoms. The van der Waals surface area contributed by atoms with Crippen LogP contribution in [0.15, 0.2) is 36.4 Å². The number of hydrogen-bond acceptors (Lipinski definition) is 1. The zero-order valence-electron chi connectivity index (χ0n) is 10.5. The Morgan fingerprint density at radius 1 is 1.05 bits per heavy atom. The van der Waals surface area contributed by atoms with Gasteiger partial charge in [0.1, 0.15) is 0 Å². The van der Waals surface area contributed by atoms with Crippen LogP contribution < -0.4 is 10.6 Å². The molecular weight excluding hydrogens is 319 g/mol. The highest BCUT2D eigenvalue weighted by Crippen LogP contribution is 2.37. The lowest BCUT2D eigenvalue weighted by Gasteiger charge is -2.15. The topological polar surface area (TPSA) is 46.3 Å². The Kier molecular flexibility index (Phi) is 4.43. The number of carbonyl (C=O) groups is 1. The monoisotopic (exact) mass is 328 g/mol. The quantitative estimate of drug-likeness (QED) is 0.843. The third-order valence-corrected chi connectivity index (χ3v) is 3.70. The Morgan fingerprint density at radius 3 is 2.00 bits per heavy atom. The van der Waals surface area contributed by atoms with Crippen molar-refractivity contribution in [3.05, 3.63) is 51.5 Å². The fourth-order valence-electron chi connectivity index (χ4n) is 1.80. The standard InChI is InChI=1S/C14H11Cl3N2O/c1-19(14(18)20)10-4-2-8(3-5-10)13-11(16)6-9(15)7-12(13)17/h2-7H,1H3,(H2,18,20). The van der Waals surface area contributed by atoms with Gasteiger partial charge in [0.2, 0.25) is 0 Å². The number of hydrogen-bond donors (Lipinski definition) is 1. The number of halogens is 3. The van der Waals surface area contributed by atoms with Gasteiger partial charge in [-0.15, -0.1) is 0 Å². The molecule has 0 unspecified atom stereocenters. The van der Waals surface area contributed by atoms with Gasteiger partial charge in [0, 0.05) is 23.3 Å². The molecule has 2 aromatic carbocycles. The van der Waals surface area contributed by atoms with E-state index in [2.05, 4.69) is 0 Å². The van der Waals surface area contributed by atoms with E-state index in [0.717, 1.165) is 5.56 Å². The van der Waals surface area contributed by atoms with Crippen LogP contribution >= 0.6 is 34.8 Å². The minimum atomic E-state index is -0.527. The number of carbonyl (C=O) groups excluding carboxylic acids is 1. The number of primary amides is 1. The van der Waals surface area contributed by atoms with Crippen LogP contribution in [0.2, 0.25) is 15.1 Å². The normalized spacial score (nSPS) is 10.4. The maximum Gasteiger partial charge on any atom is 0.318 e. The molecule has 0 aliphatic heterocycles. The Morgan fingerprint density at radius 2 is 1.55 bits per heavy atom. The molecule has 0 aliphatic rings. The van der Waals surface area contributed by atoms with Crippen LogP contribution in [0.3, 0.4) is 0 Å². The lowest BCUT2D eigenvalue weighted by Crippen LogP contribution is -2.31. The van der Waals surface area contributed by atoms with E-state index in [1.54, 1.807) is 31.3 Å². The summed E-state index contributed by atoms with van der Waals surface area (Å²) in [4.78, 5) is 12.4. The summed E-state index contributed by atoms with van der Waals surface area (Å²) in [7, 11) is 1.60. The van der Waals surface area contributed by atoms with Gasteiger partial charge >= 0.3 is 6.03 Å². The molecule has 0 saturated heterocycles. The van der Waals surface area contributed by atoms with E-state index in [4.69, 9.17) is 40.5 Å². The first-order chi connectivity index (χ1) is 9.40. The van der Waals surface area contributed by atoms with Gasteiger partial charge in [-0.3, -0.25) is 4.90 Å². The predicted molar refractivity (Wildman–Crippen MR) is 84.9 cm³/mol. The van der Waals surface area contributed by atoms with Crippen LogP contribution in [0, 0.1) is 0 Å². The van der Waals surface area contributed by atoms with Gasteiger partial charge in [-0.05, 0) is 29.8 Å². The molecule has 104 valence electrons. The number of anilines is 1. The Balaban J connectivity index is 2.43. The van der Waals surface area contributed by atoms with E-state index in [1.807, 2.05) is 12.1 Å². The van der Waals surface area contributed by atoms with E-state index in [1.165, 1.54) is 4.90 Å². The summed E-state index contributed by atoms with van der Waals surface area (Å²) >= 11 is 18.2. The van der Waals surface area contributed by atoms with Gasteiger partial charge in [-0.2, -0.15) is 0 Å². The van der Waals surface area contributed by atoms with Crippen molar-refractivity contribution in [2.24, 2.45) is 5.73 Å². The zero-order chi connectivity index (χ0) is 14.9. The van der Waals surface area contributed by atoms with Crippen LogP contribution in [0.1, 0.15) is 0 Å². The fraction of sp³-hybridized carbons (Fsp3) is 0.0714. The summed E-state index contributed by atoms with van der Waals surface area (Å²) in [6.07, 6.45) is 0. The van der Waals surface area contributed by atoms with Gasteiger partial charge in [-0.1, -0.05) is 46.9 Å². The van der Waals surface area contributed by atoms with Gasteiger partial charge in [0.15, 0.2) is 0 Å². The third kappa shape index (κ3) is 3.01. The smallest absolute Gasteiger partial charge is 0.318 e. The van der Waals surface area contributed by atoms with Crippen molar-refractivity contribution < 1.29 is 4.79 Å². The largest absolute Gasteiger partial charge is 0.351 e.